The fourth-order valence-corrected chi connectivity index (χ4v) is 5.56. The number of carboxylic acids is 1. The van der Waals surface area contributed by atoms with E-state index < -0.39 is 23.8 Å². The number of imidazole rings is 1. The van der Waals surface area contributed by atoms with Crippen LogP contribution in [-0.2, 0) is 27.1 Å². The maximum absolute atomic E-state index is 13.9. The lowest BCUT2D eigenvalue weighted by Gasteiger charge is -2.34. The molecular formula is C27H30FN3O5. The van der Waals surface area contributed by atoms with Gasteiger partial charge in [-0.25, -0.2) is 14.2 Å². The average molecular weight is 496 g/mol. The molecule has 3 aromatic rings. The maximum atomic E-state index is 13.9. The van der Waals surface area contributed by atoms with Crippen LogP contribution < -0.4 is 4.90 Å². The second kappa shape index (κ2) is 9.89. The minimum Gasteiger partial charge on any atom is -0.481 e. The second-order valence-electron chi connectivity index (χ2n) is 9.58. The molecule has 0 unspecified atom stereocenters. The number of aliphatic carboxylic acids is 1. The zero-order valence-corrected chi connectivity index (χ0v) is 20.4. The fourth-order valence-electron chi connectivity index (χ4n) is 5.56. The summed E-state index contributed by atoms with van der Waals surface area (Å²) >= 11 is 0. The SMILES string of the molecule is COC(=O)N1c2ccc3c(nc(C[C@H](C(=O)O)c4cccc(F)c4)n3[C@H]3CCCOC3)c2CC[C@@H]1C. The minimum absolute atomic E-state index is 0.0120. The molecule has 2 aliphatic heterocycles. The summed E-state index contributed by atoms with van der Waals surface area (Å²) in [4.78, 5) is 31.5. The number of methoxy groups -OCH3 is 1. The number of carboxylic acid groups (broad SMARTS) is 1. The normalized spacial score (nSPS) is 20.7. The van der Waals surface area contributed by atoms with E-state index in [1.165, 1.54) is 25.3 Å². The van der Waals surface area contributed by atoms with Gasteiger partial charge in [0, 0.05) is 24.6 Å². The molecule has 1 saturated heterocycles. The van der Waals surface area contributed by atoms with E-state index in [2.05, 4.69) is 4.57 Å². The Morgan fingerprint density at radius 2 is 2.11 bits per heavy atom. The van der Waals surface area contributed by atoms with Crippen LogP contribution in [0.4, 0.5) is 14.9 Å². The third-order valence-corrected chi connectivity index (χ3v) is 7.34. The molecule has 36 heavy (non-hydrogen) atoms. The first-order valence-electron chi connectivity index (χ1n) is 12.3. The molecule has 9 heteroatoms. The summed E-state index contributed by atoms with van der Waals surface area (Å²) in [6.07, 6.45) is 2.98. The lowest BCUT2D eigenvalue weighted by atomic mass is 9.95. The lowest BCUT2D eigenvalue weighted by molar-refractivity contribution is -0.138. The van der Waals surface area contributed by atoms with Gasteiger partial charge in [-0.2, -0.15) is 0 Å². The number of aryl methyl sites for hydroxylation is 1. The number of rotatable bonds is 5. The molecule has 8 nitrogen and oxygen atoms in total. The molecule has 2 aliphatic rings. The molecule has 5 rings (SSSR count). The van der Waals surface area contributed by atoms with E-state index in [9.17, 15) is 19.1 Å². The van der Waals surface area contributed by atoms with Gasteiger partial charge in [0.2, 0.25) is 0 Å². The highest BCUT2D eigenvalue weighted by molar-refractivity contribution is 5.95. The number of benzene rings is 2. The third kappa shape index (κ3) is 4.32. The zero-order chi connectivity index (χ0) is 25.4. The van der Waals surface area contributed by atoms with Gasteiger partial charge in [0.1, 0.15) is 11.6 Å². The number of halogens is 1. The lowest BCUT2D eigenvalue weighted by Crippen LogP contribution is -2.42. The van der Waals surface area contributed by atoms with E-state index in [0.29, 0.717) is 24.6 Å². The Morgan fingerprint density at radius 1 is 1.28 bits per heavy atom. The Morgan fingerprint density at radius 3 is 2.81 bits per heavy atom. The summed E-state index contributed by atoms with van der Waals surface area (Å²) in [6, 6.07) is 9.61. The summed E-state index contributed by atoms with van der Waals surface area (Å²) < 4.78 is 26.9. The third-order valence-electron chi connectivity index (χ3n) is 7.34. The number of hydrogen-bond donors (Lipinski definition) is 1. The van der Waals surface area contributed by atoms with Crippen LogP contribution in [0, 0.1) is 5.82 Å². The van der Waals surface area contributed by atoms with Crippen LogP contribution in [0.15, 0.2) is 36.4 Å². The van der Waals surface area contributed by atoms with Crippen molar-refractivity contribution < 1.29 is 28.6 Å². The molecule has 0 saturated carbocycles. The van der Waals surface area contributed by atoms with Gasteiger partial charge in [-0.15, -0.1) is 0 Å². The van der Waals surface area contributed by atoms with Crippen LogP contribution in [0.3, 0.4) is 0 Å². The number of ether oxygens (including phenoxy) is 2. The Kier molecular flexibility index (Phi) is 6.66. The van der Waals surface area contributed by atoms with Crippen molar-refractivity contribution in [2.24, 2.45) is 0 Å². The molecule has 3 heterocycles. The van der Waals surface area contributed by atoms with Gasteiger partial charge in [-0.1, -0.05) is 12.1 Å². The van der Waals surface area contributed by atoms with Crippen LogP contribution in [0.25, 0.3) is 11.0 Å². The summed E-state index contributed by atoms with van der Waals surface area (Å²) in [7, 11) is 1.37. The highest BCUT2D eigenvalue weighted by atomic mass is 19.1. The molecule has 1 amide bonds. The van der Waals surface area contributed by atoms with Crippen LogP contribution in [0.2, 0.25) is 0 Å². The first-order chi connectivity index (χ1) is 17.4. The van der Waals surface area contributed by atoms with Crippen LogP contribution in [0.5, 0.6) is 0 Å². The molecule has 190 valence electrons. The first-order valence-corrected chi connectivity index (χ1v) is 12.3. The van der Waals surface area contributed by atoms with Gasteiger partial charge in [-0.05, 0) is 62.4 Å². The molecule has 1 fully saturated rings. The van der Waals surface area contributed by atoms with Gasteiger partial charge in [-0.3, -0.25) is 9.69 Å². The maximum Gasteiger partial charge on any atom is 0.414 e. The number of fused-ring (bicyclic) bond motifs is 3. The van der Waals surface area contributed by atoms with Gasteiger partial charge >= 0.3 is 12.1 Å². The molecule has 0 aliphatic carbocycles. The summed E-state index contributed by atoms with van der Waals surface area (Å²) in [5.41, 5.74) is 3.77. The average Bonchev–Trinajstić information content (AvgIpc) is 3.25. The second-order valence-corrected chi connectivity index (χ2v) is 9.58. The van der Waals surface area contributed by atoms with E-state index >= 15 is 0 Å². The Hall–Kier alpha value is -3.46. The zero-order valence-electron chi connectivity index (χ0n) is 20.4. The fraction of sp³-hybridized carbons (Fsp3) is 0.444. The highest BCUT2D eigenvalue weighted by Crippen LogP contribution is 2.39. The number of hydrogen-bond acceptors (Lipinski definition) is 5. The number of anilines is 1. The summed E-state index contributed by atoms with van der Waals surface area (Å²) in [5.74, 6) is -1.84. The standard InChI is InChI=1S/C27H30FN3O5/c1-16-8-9-20-22(30(16)27(34)35-2)10-11-23-25(20)29-24(31(23)19-7-4-12-36-15-19)14-21(26(32)33)17-5-3-6-18(28)13-17/h3,5-6,10-11,13,16,19,21H,4,7-9,12,14-15H2,1-2H3,(H,32,33)/t16-,19-,21-/m0/s1. The van der Waals surface area contributed by atoms with Crippen molar-refractivity contribution in [2.45, 2.75) is 57.0 Å². The first kappa shape index (κ1) is 24.2. The van der Waals surface area contributed by atoms with E-state index in [0.717, 1.165) is 48.0 Å². The van der Waals surface area contributed by atoms with Gasteiger partial charge in [0.05, 0.1) is 42.4 Å². The molecule has 0 spiro atoms. The predicted octanol–water partition coefficient (Wildman–Crippen LogP) is 4.85. The number of carbonyl (C=O) groups excluding carboxylic acids is 1. The van der Waals surface area contributed by atoms with Crippen molar-refractivity contribution >= 4 is 28.8 Å². The smallest absolute Gasteiger partial charge is 0.414 e. The highest BCUT2D eigenvalue weighted by Gasteiger charge is 2.33. The molecule has 3 atom stereocenters. The van der Waals surface area contributed by atoms with Crippen molar-refractivity contribution in [3.8, 4) is 0 Å². The van der Waals surface area contributed by atoms with E-state index in [-0.39, 0.29) is 18.5 Å². The minimum atomic E-state index is -1.04. The van der Waals surface area contributed by atoms with Crippen molar-refractivity contribution in [2.75, 3.05) is 25.2 Å². The van der Waals surface area contributed by atoms with Crippen molar-refractivity contribution in [1.29, 1.82) is 0 Å². The summed E-state index contributed by atoms with van der Waals surface area (Å²) in [5, 5.41) is 10.1. The topological polar surface area (TPSA) is 93.9 Å². The largest absolute Gasteiger partial charge is 0.481 e. The van der Waals surface area contributed by atoms with Crippen LogP contribution in [-0.4, -0.2) is 53.1 Å². The number of nitrogens with zero attached hydrogens (tertiary/aromatic N) is 3. The predicted molar refractivity (Wildman–Crippen MR) is 132 cm³/mol. The van der Waals surface area contributed by atoms with E-state index in [1.807, 2.05) is 19.1 Å². The van der Waals surface area contributed by atoms with Crippen molar-refractivity contribution in [3.63, 3.8) is 0 Å². The molecular weight excluding hydrogens is 465 g/mol. The van der Waals surface area contributed by atoms with E-state index in [4.69, 9.17) is 14.5 Å². The van der Waals surface area contributed by atoms with Crippen LogP contribution in [0.1, 0.15) is 55.1 Å². The molecule has 1 aromatic heterocycles. The van der Waals surface area contributed by atoms with Gasteiger partial charge in [0.25, 0.3) is 0 Å². The van der Waals surface area contributed by atoms with Crippen LogP contribution >= 0.6 is 0 Å². The molecule has 1 N–H and O–H groups in total. The Balaban J connectivity index is 1.65. The van der Waals surface area contributed by atoms with Gasteiger partial charge in [0.15, 0.2) is 0 Å². The molecule has 0 radical (unpaired) electrons. The number of aromatic nitrogens is 2. The number of carbonyl (C=O) groups is 2. The Labute approximate surface area is 208 Å². The van der Waals surface area contributed by atoms with Gasteiger partial charge < -0.3 is 19.1 Å². The number of amides is 1. The quantitative estimate of drug-likeness (QED) is 0.544. The summed E-state index contributed by atoms with van der Waals surface area (Å²) in [6.45, 7) is 3.20. The van der Waals surface area contributed by atoms with Crippen molar-refractivity contribution in [3.05, 3.63) is 59.2 Å². The molecule has 0 bridgehead atoms. The molecule has 2 aromatic carbocycles. The van der Waals surface area contributed by atoms with E-state index in [1.54, 1.807) is 11.0 Å². The van der Waals surface area contributed by atoms with Crippen molar-refractivity contribution in [1.82, 2.24) is 9.55 Å². The Bertz CT molecular complexity index is 1300. The monoisotopic (exact) mass is 495 g/mol.